The molecule has 0 atom stereocenters. The third kappa shape index (κ3) is 3.15. The van der Waals surface area contributed by atoms with E-state index >= 15 is 0 Å². The van der Waals surface area contributed by atoms with Crippen molar-refractivity contribution in [1.82, 2.24) is 15.3 Å². The molecule has 0 spiro atoms. The summed E-state index contributed by atoms with van der Waals surface area (Å²) in [6.45, 7) is 3.83. The van der Waals surface area contributed by atoms with E-state index in [1.54, 1.807) is 18.0 Å². The summed E-state index contributed by atoms with van der Waals surface area (Å²) in [5.74, 6) is 2.77. The van der Waals surface area contributed by atoms with Gasteiger partial charge in [0.1, 0.15) is 11.5 Å². The van der Waals surface area contributed by atoms with E-state index in [4.69, 9.17) is 4.42 Å². The maximum absolute atomic E-state index is 5.66. The molecule has 0 saturated carbocycles. The van der Waals surface area contributed by atoms with E-state index in [0.29, 0.717) is 0 Å². The van der Waals surface area contributed by atoms with Gasteiger partial charge < -0.3 is 14.7 Å². The zero-order valence-corrected chi connectivity index (χ0v) is 10.0. The number of rotatable bonds is 6. The van der Waals surface area contributed by atoms with Crippen LogP contribution < -0.4 is 5.32 Å². The molecule has 0 radical (unpaired) electrons. The topological polar surface area (TPSA) is 53.9 Å². The summed E-state index contributed by atoms with van der Waals surface area (Å²) in [4.78, 5) is 7.19. The first kappa shape index (κ1) is 11.3. The molecule has 2 heterocycles. The largest absolute Gasteiger partial charge is 0.464 e. The number of nitrogens with zero attached hydrogens (tertiary/aromatic N) is 1. The van der Waals surface area contributed by atoms with Gasteiger partial charge in [-0.05, 0) is 18.7 Å². The summed E-state index contributed by atoms with van der Waals surface area (Å²) in [7, 11) is 0. The van der Waals surface area contributed by atoms with Crippen LogP contribution in [0, 0.1) is 0 Å². The lowest BCUT2D eigenvalue weighted by molar-refractivity contribution is 0.462. The maximum atomic E-state index is 5.66. The Kier molecular flexibility index (Phi) is 4.07. The van der Waals surface area contributed by atoms with Gasteiger partial charge in [-0.2, -0.15) is 0 Å². The van der Waals surface area contributed by atoms with Gasteiger partial charge in [0, 0.05) is 12.4 Å². The standard InChI is InChI=1S/C11H15N3OS/c1-2-12-7-9-3-4-10(15-9)8-16-11-13-5-6-14-11/h3-6,12H,2,7-8H2,1H3,(H,13,14). The van der Waals surface area contributed by atoms with Crippen LogP contribution in [0.2, 0.25) is 0 Å². The van der Waals surface area contributed by atoms with Crippen LogP contribution in [-0.4, -0.2) is 16.5 Å². The molecule has 0 unspecified atom stereocenters. The third-order valence-corrected chi connectivity index (χ3v) is 3.02. The molecular formula is C11H15N3OS. The number of thioether (sulfide) groups is 1. The van der Waals surface area contributed by atoms with Gasteiger partial charge in [0.15, 0.2) is 5.16 Å². The minimum atomic E-state index is 0.794. The summed E-state index contributed by atoms with van der Waals surface area (Å²) in [6, 6.07) is 4.03. The summed E-state index contributed by atoms with van der Waals surface area (Å²) in [6.07, 6.45) is 3.57. The molecule has 4 nitrogen and oxygen atoms in total. The minimum absolute atomic E-state index is 0.794. The number of hydrogen-bond acceptors (Lipinski definition) is 4. The van der Waals surface area contributed by atoms with Crippen LogP contribution >= 0.6 is 11.8 Å². The van der Waals surface area contributed by atoms with Crippen molar-refractivity contribution in [2.45, 2.75) is 24.4 Å². The van der Waals surface area contributed by atoms with Gasteiger partial charge >= 0.3 is 0 Å². The fourth-order valence-electron chi connectivity index (χ4n) is 1.31. The average Bonchev–Trinajstić information content (AvgIpc) is 2.95. The summed E-state index contributed by atoms with van der Waals surface area (Å²) in [5.41, 5.74) is 0. The van der Waals surface area contributed by atoms with E-state index in [9.17, 15) is 0 Å². The van der Waals surface area contributed by atoms with Crippen LogP contribution in [0.15, 0.2) is 34.1 Å². The molecule has 0 aliphatic carbocycles. The molecule has 0 aromatic carbocycles. The highest BCUT2D eigenvalue weighted by Gasteiger charge is 2.03. The third-order valence-electron chi connectivity index (χ3n) is 2.09. The minimum Gasteiger partial charge on any atom is -0.464 e. The second kappa shape index (κ2) is 5.77. The van der Waals surface area contributed by atoms with E-state index in [1.165, 1.54) is 0 Å². The molecule has 2 rings (SSSR count). The molecule has 16 heavy (non-hydrogen) atoms. The van der Waals surface area contributed by atoms with Gasteiger partial charge in [-0.1, -0.05) is 18.7 Å². The molecule has 2 N–H and O–H groups in total. The van der Waals surface area contributed by atoms with E-state index < -0.39 is 0 Å². The normalized spacial score (nSPS) is 10.8. The van der Waals surface area contributed by atoms with Crippen molar-refractivity contribution in [1.29, 1.82) is 0 Å². The first-order valence-corrected chi connectivity index (χ1v) is 6.27. The fraction of sp³-hybridized carbons (Fsp3) is 0.364. The van der Waals surface area contributed by atoms with Crippen molar-refractivity contribution in [3.05, 3.63) is 36.0 Å². The van der Waals surface area contributed by atoms with Crippen molar-refractivity contribution in [3.63, 3.8) is 0 Å². The maximum Gasteiger partial charge on any atom is 0.165 e. The Hall–Kier alpha value is -1.20. The van der Waals surface area contributed by atoms with Crippen molar-refractivity contribution in [3.8, 4) is 0 Å². The zero-order chi connectivity index (χ0) is 11.2. The van der Waals surface area contributed by atoms with Gasteiger partial charge in [-0.25, -0.2) is 4.98 Å². The summed E-state index contributed by atoms with van der Waals surface area (Å²) in [5, 5.41) is 4.15. The highest BCUT2D eigenvalue weighted by atomic mass is 32.2. The molecule has 0 amide bonds. The number of aromatic amines is 1. The highest BCUT2D eigenvalue weighted by Crippen LogP contribution is 2.20. The summed E-state index contributed by atoms with van der Waals surface area (Å²) >= 11 is 1.64. The second-order valence-electron chi connectivity index (χ2n) is 3.33. The Balaban J connectivity index is 1.83. The predicted octanol–water partition coefficient (Wildman–Crippen LogP) is 2.40. The number of nitrogens with one attached hydrogen (secondary N) is 2. The van der Waals surface area contributed by atoms with Gasteiger partial charge in [0.05, 0.1) is 12.3 Å². The molecule has 86 valence electrons. The SMILES string of the molecule is CCNCc1ccc(CSc2ncc[nH]2)o1. The lowest BCUT2D eigenvalue weighted by Crippen LogP contribution is -2.10. The Morgan fingerprint density at radius 1 is 1.44 bits per heavy atom. The Labute approximate surface area is 98.8 Å². The molecule has 0 fully saturated rings. The predicted molar refractivity (Wildman–Crippen MR) is 64.2 cm³/mol. The molecule has 0 saturated heterocycles. The van der Waals surface area contributed by atoms with Gasteiger partial charge in [0.25, 0.3) is 0 Å². The van der Waals surface area contributed by atoms with Crippen LogP contribution in [0.4, 0.5) is 0 Å². The number of furan rings is 1. The fourth-order valence-corrected chi connectivity index (χ4v) is 2.03. The van der Waals surface area contributed by atoms with E-state index in [0.717, 1.165) is 35.5 Å². The Bertz CT molecular complexity index is 411. The molecule has 0 aliphatic heterocycles. The number of hydrogen-bond donors (Lipinski definition) is 2. The van der Waals surface area contributed by atoms with Crippen molar-refractivity contribution < 1.29 is 4.42 Å². The van der Waals surface area contributed by atoms with Crippen molar-refractivity contribution >= 4 is 11.8 Å². The number of aromatic nitrogens is 2. The van der Waals surface area contributed by atoms with Crippen LogP contribution in [0.1, 0.15) is 18.4 Å². The summed E-state index contributed by atoms with van der Waals surface area (Å²) < 4.78 is 5.66. The highest BCUT2D eigenvalue weighted by molar-refractivity contribution is 7.98. The number of imidazole rings is 1. The Morgan fingerprint density at radius 3 is 3.06 bits per heavy atom. The first-order valence-electron chi connectivity index (χ1n) is 5.29. The van der Waals surface area contributed by atoms with E-state index in [-0.39, 0.29) is 0 Å². The average molecular weight is 237 g/mol. The Morgan fingerprint density at radius 2 is 2.31 bits per heavy atom. The molecule has 2 aromatic rings. The first-order chi connectivity index (χ1) is 7.88. The molecule has 0 bridgehead atoms. The molecular weight excluding hydrogens is 222 g/mol. The van der Waals surface area contributed by atoms with Crippen LogP contribution in [0.25, 0.3) is 0 Å². The number of H-pyrrole nitrogens is 1. The zero-order valence-electron chi connectivity index (χ0n) is 9.19. The molecule has 5 heteroatoms. The second-order valence-corrected chi connectivity index (χ2v) is 4.30. The quantitative estimate of drug-likeness (QED) is 0.757. The van der Waals surface area contributed by atoms with Crippen LogP contribution in [0.3, 0.4) is 0 Å². The van der Waals surface area contributed by atoms with Crippen LogP contribution in [0.5, 0.6) is 0 Å². The van der Waals surface area contributed by atoms with Gasteiger partial charge in [0.2, 0.25) is 0 Å². The van der Waals surface area contributed by atoms with Crippen molar-refractivity contribution in [2.75, 3.05) is 6.54 Å². The van der Waals surface area contributed by atoms with E-state index in [2.05, 4.69) is 22.2 Å². The van der Waals surface area contributed by atoms with Gasteiger partial charge in [-0.3, -0.25) is 0 Å². The molecule has 0 aliphatic rings. The van der Waals surface area contributed by atoms with E-state index in [1.807, 2.05) is 18.3 Å². The van der Waals surface area contributed by atoms with Gasteiger partial charge in [-0.15, -0.1) is 0 Å². The lowest BCUT2D eigenvalue weighted by atomic mass is 10.4. The lowest BCUT2D eigenvalue weighted by Gasteiger charge is -1.97. The molecule has 2 aromatic heterocycles. The smallest absolute Gasteiger partial charge is 0.165 e. The van der Waals surface area contributed by atoms with Crippen molar-refractivity contribution in [2.24, 2.45) is 0 Å². The van der Waals surface area contributed by atoms with Crippen LogP contribution in [-0.2, 0) is 12.3 Å². The monoisotopic (exact) mass is 237 g/mol.